The van der Waals surface area contributed by atoms with Crippen molar-refractivity contribution in [2.24, 2.45) is 11.8 Å². The summed E-state index contributed by atoms with van der Waals surface area (Å²) in [6, 6.07) is -0.855. The fourth-order valence-corrected chi connectivity index (χ4v) is 3.07. The van der Waals surface area contributed by atoms with Crippen LogP contribution in [-0.2, 0) is 14.4 Å². The molecule has 3 unspecified atom stereocenters. The maximum Gasteiger partial charge on any atom is 0.305 e. The van der Waals surface area contributed by atoms with Crippen molar-refractivity contribution in [2.45, 2.75) is 38.6 Å². The summed E-state index contributed by atoms with van der Waals surface area (Å²) in [7, 11) is 0. The largest absolute Gasteiger partial charge is 0.481 e. The average Bonchev–Trinajstić information content (AvgIpc) is 2.77. The molecule has 1 saturated carbocycles. The summed E-state index contributed by atoms with van der Waals surface area (Å²) >= 11 is 0. The molecule has 0 aromatic heterocycles. The monoisotopic (exact) mass is 268 g/mol. The van der Waals surface area contributed by atoms with E-state index in [0.29, 0.717) is 19.0 Å². The van der Waals surface area contributed by atoms with Crippen molar-refractivity contribution >= 4 is 17.8 Å². The number of hydrogen-bond donors (Lipinski definition) is 2. The molecular weight excluding hydrogens is 248 g/mol. The minimum atomic E-state index is -1.06. The topological polar surface area (TPSA) is 86.7 Å². The third kappa shape index (κ3) is 2.88. The smallest absolute Gasteiger partial charge is 0.305 e. The Kier molecular flexibility index (Phi) is 4.07. The first kappa shape index (κ1) is 13.8. The number of carbonyl (C=O) groups excluding carboxylic acids is 2. The molecule has 2 amide bonds. The van der Waals surface area contributed by atoms with Gasteiger partial charge in [-0.25, -0.2) is 0 Å². The second kappa shape index (κ2) is 5.59. The zero-order valence-corrected chi connectivity index (χ0v) is 11.1. The van der Waals surface area contributed by atoms with Crippen LogP contribution in [0.15, 0.2) is 0 Å². The van der Waals surface area contributed by atoms with Crippen LogP contribution in [-0.4, -0.2) is 46.9 Å². The van der Waals surface area contributed by atoms with E-state index in [0.717, 1.165) is 19.3 Å². The van der Waals surface area contributed by atoms with Gasteiger partial charge in [0.2, 0.25) is 11.8 Å². The molecule has 3 atom stereocenters. The predicted octanol–water partition coefficient (Wildman–Crippen LogP) is 0.224. The maximum absolute atomic E-state index is 12.5. The molecule has 2 N–H and O–H groups in total. The van der Waals surface area contributed by atoms with Crippen molar-refractivity contribution in [1.29, 1.82) is 0 Å². The molecule has 1 aliphatic carbocycles. The van der Waals surface area contributed by atoms with Gasteiger partial charge in [-0.2, -0.15) is 0 Å². The van der Waals surface area contributed by atoms with E-state index in [1.165, 1.54) is 4.90 Å². The molecule has 1 heterocycles. The molecule has 0 radical (unpaired) electrons. The van der Waals surface area contributed by atoms with E-state index < -0.39 is 12.0 Å². The Morgan fingerprint density at radius 1 is 1.42 bits per heavy atom. The van der Waals surface area contributed by atoms with Gasteiger partial charge in [0.1, 0.15) is 6.04 Å². The van der Waals surface area contributed by atoms with Gasteiger partial charge >= 0.3 is 5.97 Å². The highest BCUT2D eigenvalue weighted by Gasteiger charge is 2.40. The summed E-state index contributed by atoms with van der Waals surface area (Å²) < 4.78 is 0. The number of nitrogens with zero attached hydrogens (tertiary/aromatic N) is 1. The number of piperazine rings is 1. The van der Waals surface area contributed by atoms with Crippen LogP contribution in [0.5, 0.6) is 0 Å². The number of carboxylic acid groups (broad SMARTS) is 1. The molecule has 106 valence electrons. The summed E-state index contributed by atoms with van der Waals surface area (Å²) in [6.07, 6.45) is 2.58. The SMILES string of the molecule is CC1CCCC1C(=O)N1CCNC(=O)C1CC(=O)O. The molecular formula is C13H20N2O4. The molecule has 6 heteroatoms. The van der Waals surface area contributed by atoms with Crippen molar-refractivity contribution in [3.8, 4) is 0 Å². The molecule has 6 nitrogen and oxygen atoms in total. The zero-order valence-electron chi connectivity index (χ0n) is 11.1. The van der Waals surface area contributed by atoms with Crippen molar-refractivity contribution in [3.63, 3.8) is 0 Å². The number of rotatable bonds is 3. The summed E-state index contributed by atoms with van der Waals surface area (Å²) in [5.74, 6) is -1.19. The minimum Gasteiger partial charge on any atom is -0.481 e. The van der Waals surface area contributed by atoms with Crippen molar-refractivity contribution in [1.82, 2.24) is 10.2 Å². The lowest BCUT2D eigenvalue weighted by atomic mass is 9.95. The summed E-state index contributed by atoms with van der Waals surface area (Å²) in [5.41, 5.74) is 0. The molecule has 1 saturated heterocycles. The van der Waals surface area contributed by atoms with E-state index in [-0.39, 0.29) is 24.2 Å². The fourth-order valence-electron chi connectivity index (χ4n) is 3.07. The van der Waals surface area contributed by atoms with Gasteiger partial charge in [0.25, 0.3) is 0 Å². The number of carboxylic acids is 1. The zero-order chi connectivity index (χ0) is 14.0. The van der Waals surface area contributed by atoms with Crippen LogP contribution in [0, 0.1) is 11.8 Å². The molecule has 0 aromatic carbocycles. The highest BCUT2D eigenvalue weighted by Crippen LogP contribution is 2.33. The molecule has 2 fully saturated rings. The summed E-state index contributed by atoms with van der Waals surface area (Å²) in [6.45, 7) is 2.86. The van der Waals surface area contributed by atoms with Crippen LogP contribution in [0.4, 0.5) is 0 Å². The number of carbonyl (C=O) groups is 3. The quantitative estimate of drug-likeness (QED) is 0.767. The van der Waals surface area contributed by atoms with E-state index >= 15 is 0 Å². The van der Waals surface area contributed by atoms with Crippen LogP contribution in [0.3, 0.4) is 0 Å². The second-order valence-electron chi connectivity index (χ2n) is 5.45. The molecule has 0 aromatic rings. The van der Waals surface area contributed by atoms with Gasteiger partial charge in [0, 0.05) is 19.0 Å². The van der Waals surface area contributed by atoms with E-state index in [9.17, 15) is 14.4 Å². The lowest BCUT2D eigenvalue weighted by Crippen LogP contribution is -2.59. The van der Waals surface area contributed by atoms with Gasteiger partial charge in [-0.05, 0) is 18.8 Å². The predicted molar refractivity (Wildman–Crippen MR) is 67.3 cm³/mol. The molecule has 1 aliphatic heterocycles. The normalized spacial score (nSPS) is 31.1. The first-order valence-electron chi connectivity index (χ1n) is 6.80. The number of nitrogens with one attached hydrogen (secondary N) is 1. The van der Waals surface area contributed by atoms with Crippen LogP contribution in [0.25, 0.3) is 0 Å². The van der Waals surface area contributed by atoms with Crippen molar-refractivity contribution in [3.05, 3.63) is 0 Å². The van der Waals surface area contributed by atoms with Crippen LogP contribution in [0.2, 0.25) is 0 Å². The molecule has 2 rings (SSSR count). The second-order valence-corrected chi connectivity index (χ2v) is 5.45. The van der Waals surface area contributed by atoms with Crippen LogP contribution in [0.1, 0.15) is 32.6 Å². The van der Waals surface area contributed by atoms with E-state index in [4.69, 9.17) is 5.11 Å². The summed E-state index contributed by atoms with van der Waals surface area (Å²) in [5, 5.41) is 11.5. The third-order valence-corrected chi connectivity index (χ3v) is 4.16. The highest BCUT2D eigenvalue weighted by molar-refractivity contribution is 5.92. The van der Waals surface area contributed by atoms with Gasteiger partial charge in [0.15, 0.2) is 0 Å². The van der Waals surface area contributed by atoms with Gasteiger partial charge in [-0.15, -0.1) is 0 Å². The maximum atomic E-state index is 12.5. The van der Waals surface area contributed by atoms with Gasteiger partial charge in [-0.3, -0.25) is 14.4 Å². The van der Waals surface area contributed by atoms with Crippen LogP contribution >= 0.6 is 0 Å². The van der Waals surface area contributed by atoms with Gasteiger partial charge < -0.3 is 15.3 Å². The minimum absolute atomic E-state index is 0.0499. The van der Waals surface area contributed by atoms with Crippen molar-refractivity contribution in [2.75, 3.05) is 13.1 Å². The summed E-state index contributed by atoms with van der Waals surface area (Å²) in [4.78, 5) is 36.6. The molecule has 0 spiro atoms. The number of hydrogen-bond acceptors (Lipinski definition) is 3. The standard InChI is InChI=1S/C13H20N2O4/c1-8-3-2-4-9(8)13(19)15-6-5-14-12(18)10(15)7-11(16)17/h8-10H,2-7H2,1H3,(H,14,18)(H,16,17). The molecule has 19 heavy (non-hydrogen) atoms. The molecule has 2 aliphatic rings. The van der Waals surface area contributed by atoms with E-state index in [2.05, 4.69) is 5.32 Å². The Hall–Kier alpha value is -1.59. The van der Waals surface area contributed by atoms with E-state index in [1.807, 2.05) is 6.92 Å². The van der Waals surface area contributed by atoms with E-state index in [1.54, 1.807) is 0 Å². The first-order valence-corrected chi connectivity index (χ1v) is 6.80. The highest BCUT2D eigenvalue weighted by atomic mass is 16.4. The molecule has 0 bridgehead atoms. The Balaban J connectivity index is 2.12. The van der Waals surface area contributed by atoms with Gasteiger partial charge in [0.05, 0.1) is 6.42 Å². The third-order valence-electron chi connectivity index (χ3n) is 4.16. The van der Waals surface area contributed by atoms with Gasteiger partial charge in [-0.1, -0.05) is 13.3 Å². The Morgan fingerprint density at radius 3 is 2.74 bits per heavy atom. The Bertz CT molecular complexity index is 396. The lowest BCUT2D eigenvalue weighted by Gasteiger charge is -2.36. The first-order chi connectivity index (χ1) is 9.00. The number of aliphatic carboxylic acids is 1. The van der Waals surface area contributed by atoms with Crippen molar-refractivity contribution < 1.29 is 19.5 Å². The Morgan fingerprint density at radius 2 is 2.16 bits per heavy atom. The number of amides is 2. The lowest BCUT2D eigenvalue weighted by molar-refractivity contribution is -0.151. The Labute approximate surface area is 112 Å². The fraction of sp³-hybridized carbons (Fsp3) is 0.769. The average molecular weight is 268 g/mol. The van der Waals surface area contributed by atoms with Crippen LogP contribution < -0.4 is 5.32 Å².